The molecule has 1 N–H and O–H groups in total. The van der Waals surface area contributed by atoms with E-state index in [-0.39, 0.29) is 23.4 Å². The van der Waals surface area contributed by atoms with E-state index in [1.165, 1.54) is 13.0 Å². The second-order valence-corrected chi connectivity index (χ2v) is 4.51. The Kier molecular flexibility index (Phi) is 3.53. The number of carboxylic acids is 1. The second-order valence-electron chi connectivity index (χ2n) is 4.51. The maximum atomic E-state index is 12.1. The molecule has 0 aromatic heterocycles. The Labute approximate surface area is 118 Å². The van der Waals surface area contributed by atoms with Gasteiger partial charge in [0.15, 0.2) is 0 Å². The summed E-state index contributed by atoms with van der Waals surface area (Å²) in [5, 5.41) is 19.3. The number of hydrogen-bond acceptors (Lipinski definition) is 5. The van der Waals surface area contributed by atoms with Gasteiger partial charge in [0.2, 0.25) is 0 Å². The molecule has 0 fully saturated rings. The van der Waals surface area contributed by atoms with Gasteiger partial charge in [-0.1, -0.05) is 0 Å². The molecular formula is C13H10N2O6. The summed E-state index contributed by atoms with van der Waals surface area (Å²) < 4.78 is 0. The fourth-order valence-corrected chi connectivity index (χ4v) is 2.04. The molecule has 1 aliphatic heterocycles. The number of aliphatic carboxylic acids is 1. The summed E-state index contributed by atoms with van der Waals surface area (Å²) in [7, 11) is 0. The lowest BCUT2D eigenvalue weighted by Gasteiger charge is -2.13. The number of carboxylic acid groups (broad SMARTS) is 1. The minimum atomic E-state index is -1.18. The maximum Gasteiger partial charge on any atom is 0.328 e. The van der Waals surface area contributed by atoms with E-state index < -0.39 is 22.7 Å². The van der Waals surface area contributed by atoms with Gasteiger partial charge in [-0.25, -0.2) is 4.79 Å². The molecule has 0 spiro atoms. The summed E-state index contributed by atoms with van der Waals surface area (Å²) in [6, 6.07) is 3.42. The molecule has 2 rings (SSSR count). The normalized spacial score (nSPS) is 14.3. The van der Waals surface area contributed by atoms with Crippen molar-refractivity contribution in [3.05, 3.63) is 51.1 Å². The quantitative estimate of drug-likeness (QED) is 0.385. The van der Waals surface area contributed by atoms with E-state index in [0.717, 1.165) is 23.1 Å². The van der Waals surface area contributed by atoms with Crippen LogP contribution >= 0.6 is 0 Å². The molecule has 0 bridgehead atoms. The second kappa shape index (κ2) is 5.16. The molecule has 0 aliphatic carbocycles. The number of hydrogen-bond donors (Lipinski definition) is 1. The van der Waals surface area contributed by atoms with Gasteiger partial charge in [-0.2, -0.15) is 0 Å². The predicted octanol–water partition coefficient (Wildman–Crippen LogP) is 1.22. The molecule has 1 heterocycles. The Balaban J connectivity index is 2.34. The van der Waals surface area contributed by atoms with E-state index in [1.54, 1.807) is 0 Å². The molecule has 2 amide bonds. The number of imide groups is 1. The van der Waals surface area contributed by atoms with E-state index in [9.17, 15) is 24.5 Å². The minimum Gasteiger partial charge on any atom is -0.478 e. The van der Waals surface area contributed by atoms with Crippen molar-refractivity contribution in [1.82, 2.24) is 4.90 Å². The smallest absolute Gasteiger partial charge is 0.328 e. The zero-order valence-corrected chi connectivity index (χ0v) is 10.9. The van der Waals surface area contributed by atoms with Crippen molar-refractivity contribution in [2.24, 2.45) is 0 Å². The molecule has 8 heteroatoms. The van der Waals surface area contributed by atoms with Crippen LogP contribution in [0, 0.1) is 10.1 Å². The summed E-state index contributed by atoms with van der Waals surface area (Å²) in [4.78, 5) is 45.6. The summed E-state index contributed by atoms with van der Waals surface area (Å²) in [5.41, 5.74) is 0.0621. The Morgan fingerprint density at radius 1 is 1.33 bits per heavy atom. The number of amides is 2. The number of carbonyl (C=O) groups is 3. The third kappa shape index (κ3) is 2.64. The van der Waals surface area contributed by atoms with Gasteiger partial charge >= 0.3 is 5.97 Å². The first-order chi connectivity index (χ1) is 9.81. The highest BCUT2D eigenvalue weighted by molar-refractivity contribution is 6.21. The van der Waals surface area contributed by atoms with E-state index in [1.807, 2.05) is 0 Å². The van der Waals surface area contributed by atoms with Crippen LogP contribution in [0.4, 0.5) is 5.69 Å². The van der Waals surface area contributed by atoms with Gasteiger partial charge < -0.3 is 5.11 Å². The molecule has 0 atom stereocenters. The Morgan fingerprint density at radius 2 is 1.95 bits per heavy atom. The SMILES string of the molecule is CC(=CC(=O)O)CN1C(=O)c2ccc([N+](=O)[O-])cc2C1=O. The summed E-state index contributed by atoms with van der Waals surface area (Å²) in [6.07, 6.45) is 0.895. The van der Waals surface area contributed by atoms with Crippen LogP contribution < -0.4 is 0 Å². The van der Waals surface area contributed by atoms with Crippen LogP contribution in [0.25, 0.3) is 0 Å². The minimum absolute atomic E-state index is 0.0441. The first-order valence-electron chi connectivity index (χ1n) is 5.86. The van der Waals surface area contributed by atoms with Crippen molar-refractivity contribution >= 4 is 23.5 Å². The van der Waals surface area contributed by atoms with Crippen LogP contribution in [0.1, 0.15) is 27.6 Å². The van der Waals surface area contributed by atoms with Crippen LogP contribution in [0.15, 0.2) is 29.8 Å². The topological polar surface area (TPSA) is 118 Å². The number of non-ortho nitro benzene ring substituents is 1. The predicted molar refractivity (Wildman–Crippen MR) is 69.9 cm³/mol. The molecule has 1 aliphatic rings. The summed E-state index contributed by atoms with van der Waals surface area (Å²) in [5.74, 6) is -2.44. The number of rotatable bonds is 4. The lowest BCUT2D eigenvalue weighted by atomic mass is 10.1. The maximum absolute atomic E-state index is 12.1. The van der Waals surface area contributed by atoms with Crippen molar-refractivity contribution < 1.29 is 24.4 Å². The summed E-state index contributed by atoms with van der Waals surface area (Å²) >= 11 is 0. The number of nitro benzene ring substituents is 1. The number of nitro groups is 1. The van der Waals surface area contributed by atoms with Gasteiger partial charge in [0.25, 0.3) is 17.5 Å². The summed E-state index contributed by atoms with van der Waals surface area (Å²) in [6.45, 7) is 1.30. The zero-order valence-electron chi connectivity index (χ0n) is 10.9. The molecule has 21 heavy (non-hydrogen) atoms. The Morgan fingerprint density at radius 3 is 2.52 bits per heavy atom. The van der Waals surface area contributed by atoms with E-state index in [2.05, 4.69) is 0 Å². The first kappa shape index (κ1) is 14.4. The van der Waals surface area contributed by atoms with Crippen molar-refractivity contribution in [3.63, 3.8) is 0 Å². The van der Waals surface area contributed by atoms with Gasteiger partial charge in [0, 0.05) is 18.2 Å². The highest BCUT2D eigenvalue weighted by Gasteiger charge is 2.36. The first-order valence-corrected chi connectivity index (χ1v) is 5.86. The van der Waals surface area contributed by atoms with Gasteiger partial charge in [-0.05, 0) is 18.6 Å². The van der Waals surface area contributed by atoms with E-state index in [4.69, 9.17) is 5.11 Å². The fourth-order valence-electron chi connectivity index (χ4n) is 2.04. The van der Waals surface area contributed by atoms with E-state index >= 15 is 0 Å². The monoisotopic (exact) mass is 290 g/mol. The standard InChI is InChI=1S/C13H10N2O6/c1-7(4-11(16)17)6-14-12(18)9-3-2-8(15(20)21)5-10(9)13(14)19/h2-5H,6H2,1H3,(H,16,17). The highest BCUT2D eigenvalue weighted by Crippen LogP contribution is 2.27. The van der Waals surface area contributed by atoms with Crippen molar-refractivity contribution in [2.75, 3.05) is 6.54 Å². The third-order valence-corrected chi connectivity index (χ3v) is 2.94. The number of benzene rings is 1. The largest absolute Gasteiger partial charge is 0.478 e. The molecular weight excluding hydrogens is 280 g/mol. The molecule has 1 aromatic carbocycles. The van der Waals surface area contributed by atoms with Crippen LogP contribution in [-0.2, 0) is 4.79 Å². The van der Waals surface area contributed by atoms with Gasteiger partial charge in [0.1, 0.15) is 0 Å². The van der Waals surface area contributed by atoms with Crippen LogP contribution in [0.2, 0.25) is 0 Å². The van der Waals surface area contributed by atoms with Gasteiger partial charge in [-0.3, -0.25) is 24.6 Å². The lowest BCUT2D eigenvalue weighted by molar-refractivity contribution is -0.384. The van der Waals surface area contributed by atoms with Crippen LogP contribution in [-0.4, -0.2) is 39.3 Å². The van der Waals surface area contributed by atoms with Crippen molar-refractivity contribution in [3.8, 4) is 0 Å². The van der Waals surface area contributed by atoms with E-state index in [0.29, 0.717) is 5.57 Å². The molecule has 8 nitrogen and oxygen atoms in total. The zero-order chi connectivity index (χ0) is 15.7. The Bertz CT molecular complexity index is 707. The average molecular weight is 290 g/mol. The van der Waals surface area contributed by atoms with Crippen LogP contribution in [0.3, 0.4) is 0 Å². The fraction of sp³-hybridized carbons (Fsp3) is 0.154. The number of carbonyl (C=O) groups excluding carboxylic acids is 2. The number of fused-ring (bicyclic) bond motifs is 1. The molecule has 108 valence electrons. The molecule has 0 saturated heterocycles. The molecule has 0 radical (unpaired) electrons. The molecule has 1 aromatic rings. The van der Waals surface area contributed by atoms with Crippen molar-refractivity contribution in [1.29, 1.82) is 0 Å². The molecule has 0 saturated carbocycles. The van der Waals surface area contributed by atoms with Crippen molar-refractivity contribution in [2.45, 2.75) is 6.92 Å². The highest BCUT2D eigenvalue weighted by atomic mass is 16.6. The lowest BCUT2D eigenvalue weighted by Crippen LogP contribution is -2.31. The number of nitrogens with zero attached hydrogens (tertiary/aromatic N) is 2. The molecule has 0 unspecified atom stereocenters. The van der Waals surface area contributed by atoms with Gasteiger partial charge in [-0.15, -0.1) is 0 Å². The Hall–Kier alpha value is -3.03. The average Bonchev–Trinajstić information content (AvgIpc) is 2.62. The third-order valence-electron chi connectivity index (χ3n) is 2.94. The van der Waals surface area contributed by atoms with Gasteiger partial charge in [0.05, 0.1) is 22.6 Å². The van der Waals surface area contributed by atoms with Crippen LogP contribution in [0.5, 0.6) is 0 Å².